The number of ether oxygens (including phenoxy) is 3. The Morgan fingerprint density at radius 1 is 0.311 bits per heavy atom. The summed E-state index contributed by atoms with van der Waals surface area (Å²) >= 11 is 0. The highest BCUT2D eigenvalue weighted by Crippen LogP contribution is 3.03. The molecular formula is C90H43F19N18O3S2. The van der Waals surface area contributed by atoms with Gasteiger partial charge in [-0.15, -0.1) is 39.5 Å². The Hall–Kier alpha value is -17.1. The van der Waals surface area contributed by atoms with Crippen molar-refractivity contribution in [2.45, 2.75) is 88.2 Å². The van der Waals surface area contributed by atoms with Gasteiger partial charge in [-0.1, -0.05) is 75.3 Å². The molecule has 6 aliphatic carbocycles. The molecule has 15 rings (SSSR count). The van der Waals surface area contributed by atoms with Gasteiger partial charge in [0.25, 0.3) is 0 Å². The maximum Gasteiger partial charge on any atom is 0.573 e. The topological polar surface area (TPSA) is 274 Å². The summed E-state index contributed by atoms with van der Waals surface area (Å²) in [6.45, 7) is 49.8. The van der Waals surface area contributed by atoms with E-state index in [1.807, 2.05) is 0 Å². The van der Waals surface area contributed by atoms with Gasteiger partial charge >= 0.3 is 57.0 Å². The van der Waals surface area contributed by atoms with Crippen molar-refractivity contribution in [3.05, 3.63) is 335 Å². The Bertz CT molecular complexity index is 7520. The molecule has 0 N–H and O–H groups in total. The van der Waals surface area contributed by atoms with E-state index in [0.717, 1.165) is 0 Å². The molecule has 0 atom stereocenters. The van der Waals surface area contributed by atoms with Gasteiger partial charge in [0.15, 0.2) is 11.6 Å². The van der Waals surface area contributed by atoms with Gasteiger partial charge in [0.2, 0.25) is 0 Å². The number of aromatic nitrogens is 6. The lowest BCUT2D eigenvalue weighted by Gasteiger charge is -2.40. The lowest BCUT2D eigenvalue weighted by Crippen LogP contribution is -2.27. The van der Waals surface area contributed by atoms with Crippen LogP contribution in [0.4, 0.5) is 78.4 Å². The number of allylic oxidation sites excluding steroid dienone is 6. The minimum absolute atomic E-state index is 0.00557. The highest BCUT2D eigenvalue weighted by atomic mass is 32.5. The zero-order valence-corrected chi connectivity index (χ0v) is 68.3. The number of benzene rings is 5. The standard InChI is InChI=1S/C32H15F13N4OS2.C30H15F3N6O.C28H13F3N8O/c1-16-22(31(48-2)49-3)12-24-26(16)27(17-4-8-20(9-5-17)51(36,37,38,39)40)25-13-23(19(14-46)15-47)30(50-32(33,34)35)29(25)28(24)18-6-10-21(11-7-18)52(41,42,43,44)45;1-16-18(29(36-2)37-3)12-20-24(16)25(22-8-4-6-10-38-22)21-13-19(17(14-34)15-35)28(40-30(31,32)33)27(21)26(20)23-9-5-7-11-39-23;1-14-16(25(34-2)35-3)10-18-20(14)22(26-36-6-4-7-37-26)19-11-17(15(12-32)13-33)24(40-28(29,30)31)21(19)23(18)27-38-8-5-9-39-27/h4-11H,12-13H2,1H3;4-11H,12-13H2,1H3;4-9H,10-11H2,1H3. The van der Waals surface area contributed by atoms with E-state index in [0.29, 0.717) is 102 Å². The molecule has 656 valence electrons. The molecule has 21 nitrogen and oxygen atoms in total. The Labute approximate surface area is 732 Å². The van der Waals surface area contributed by atoms with Crippen molar-refractivity contribution in [1.82, 2.24) is 29.9 Å². The van der Waals surface area contributed by atoms with Crippen LogP contribution in [-0.4, -0.2) is 49.0 Å². The van der Waals surface area contributed by atoms with Crippen molar-refractivity contribution in [1.29, 1.82) is 31.6 Å². The van der Waals surface area contributed by atoms with Gasteiger partial charge in [-0.3, -0.25) is 9.97 Å². The van der Waals surface area contributed by atoms with Crippen LogP contribution in [0.3, 0.4) is 0 Å². The lowest BCUT2D eigenvalue weighted by molar-refractivity contribution is -0.291. The van der Waals surface area contributed by atoms with E-state index in [1.54, 1.807) is 92.9 Å². The summed E-state index contributed by atoms with van der Waals surface area (Å²) in [5.41, 5.74) is 0.525. The van der Waals surface area contributed by atoms with Crippen molar-refractivity contribution in [3.8, 4) is 104 Å². The molecule has 0 saturated heterocycles. The second kappa shape index (κ2) is 32.3. The summed E-state index contributed by atoms with van der Waals surface area (Å²) in [7, 11) is -20.6. The summed E-state index contributed by atoms with van der Waals surface area (Å²) in [6.07, 6.45) is -8.79. The predicted octanol–water partition coefficient (Wildman–Crippen LogP) is 20.7. The van der Waals surface area contributed by atoms with Gasteiger partial charge in [0.1, 0.15) is 120 Å². The monoisotopic (exact) mass is 1850 g/mol. The molecule has 5 aromatic carbocycles. The van der Waals surface area contributed by atoms with Crippen LogP contribution in [0.2, 0.25) is 0 Å². The van der Waals surface area contributed by atoms with Gasteiger partial charge < -0.3 is 14.2 Å². The predicted molar refractivity (Wildman–Crippen MR) is 436 cm³/mol. The van der Waals surface area contributed by atoms with Crippen LogP contribution in [-0.2, 0) is 52.7 Å². The number of hydrogen-bond donors (Lipinski definition) is 0. The molecule has 6 aliphatic rings. The Morgan fingerprint density at radius 2 is 0.545 bits per heavy atom. The second-order valence-corrected chi connectivity index (χ2v) is 33.6. The summed E-state index contributed by atoms with van der Waals surface area (Å²) in [4.78, 5) is 41.2. The van der Waals surface area contributed by atoms with Crippen LogP contribution in [0.1, 0.15) is 54.2 Å². The number of halogens is 19. The summed E-state index contributed by atoms with van der Waals surface area (Å²) in [5.74, 6) is -3.28. The first-order chi connectivity index (χ1) is 61.9. The molecule has 4 heterocycles. The van der Waals surface area contributed by atoms with E-state index in [9.17, 15) is 110 Å². The largest absolute Gasteiger partial charge is 0.573 e. The number of alkyl halides is 9. The first kappa shape index (κ1) is 92.5. The van der Waals surface area contributed by atoms with E-state index in [-0.39, 0.29) is 145 Å². The molecule has 0 bridgehead atoms. The molecule has 0 unspecified atom stereocenters. The van der Waals surface area contributed by atoms with Crippen LogP contribution in [0.15, 0.2) is 212 Å². The van der Waals surface area contributed by atoms with Crippen LogP contribution < -0.4 is 31.3 Å². The number of hydrogen-bond acceptors (Lipinski definition) is 15. The minimum Gasteiger partial charge on any atom is -0.405 e. The molecule has 0 saturated carbocycles. The summed E-state index contributed by atoms with van der Waals surface area (Å²) in [5, 5.41) is 58.1. The number of pyridine rings is 2. The molecule has 0 radical (unpaired) electrons. The molecule has 0 spiro atoms. The Kier molecular flexibility index (Phi) is 22.7. The quantitative estimate of drug-likeness (QED) is 0.0661. The summed E-state index contributed by atoms with van der Waals surface area (Å²) in [6, 6.07) is 24.8. The number of nitriles is 6. The third-order valence-corrected chi connectivity index (χ3v) is 23.8. The smallest absolute Gasteiger partial charge is 0.405 e. The Morgan fingerprint density at radius 3 is 0.841 bits per heavy atom. The molecule has 9 aromatic rings. The van der Waals surface area contributed by atoms with Gasteiger partial charge in [-0.25, -0.2) is 19.9 Å². The van der Waals surface area contributed by atoms with E-state index >= 15 is 0 Å². The third-order valence-electron chi connectivity index (χ3n) is 21.5. The molecule has 0 amide bonds. The SMILES string of the molecule is [C-]#[N+]C([N+]#[C-])=C1Cc2c(-c3ccc(S(F)(F)(F)(F)F)cc3)c3c(c(-c4ccc(S(F)(F)(F)(F)F)cc4)c2=C1C)CC(=C(C#N)C#N)C=3OC(F)(F)F.[C-]#[N+]C([N+]#[C-])=C1Cc2c(-c3ccccn3)c3c(c(-c4ccccn4)c2=C1C)CC(=C(C#N)C#N)C=3OC(F)(F)F.[C-]#[N+]C([N+]#[C-])=C1Cc2c(-c3ncccn3)c3c(c(-c4ncccn4)c2=C1C)CC(=C(C#N)C#N)C=3OC(F)(F)F. The minimum atomic E-state index is -10.3. The van der Waals surface area contributed by atoms with Crippen molar-refractivity contribution in [2.24, 2.45) is 0 Å². The number of fused-ring (bicyclic) bond motifs is 6. The van der Waals surface area contributed by atoms with Crippen molar-refractivity contribution < 1.29 is 92.6 Å². The average Bonchev–Trinajstić information content (AvgIpc) is 1.53. The molecule has 132 heavy (non-hydrogen) atoms. The van der Waals surface area contributed by atoms with E-state index in [2.05, 4.69) is 73.2 Å². The van der Waals surface area contributed by atoms with Gasteiger partial charge in [-0.2, -0.15) is 60.6 Å². The maximum atomic E-state index is 14.0. The first-order valence-corrected chi connectivity index (χ1v) is 41.0. The van der Waals surface area contributed by atoms with Gasteiger partial charge in [-0.05, 0) is 189 Å². The zero-order chi connectivity index (χ0) is 96.4. The number of nitrogens with zero attached hydrogens (tertiary/aromatic N) is 18. The third kappa shape index (κ3) is 17.3. The van der Waals surface area contributed by atoms with Gasteiger partial charge in [0, 0.05) is 111 Å². The van der Waals surface area contributed by atoms with E-state index in [1.165, 1.54) is 50.0 Å². The van der Waals surface area contributed by atoms with Crippen molar-refractivity contribution in [3.63, 3.8) is 0 Å². The molecule has 0 aliphatic heterocycles. The maximum absolute atomic E-state index is 14.0. The fourth-order valence-electron chi connectivity index (χ4n) is 16.5. The highest BCUT2D eigenvalue weighted by molar-refractivity contribution is 8.46. The molecule has 0 fully saturated rings. The Balaban J connectivity index is 0.000000170. The average molecular weight is 1850 g/mol. The van der Waals surface area contributed by atoms with E-state index < -0.39 is 124 Å². The fourth-order valence-corrected chi connectivity index (χ4v) is 17.8. The fraction of sp³-hybridized carbons (Fsp3) is 0.133. The van der Waals surface area contributed by atoms with E-state index in [4.69, 9.17) is 39.4 Å². The highest BCUT2D eigenvalue weighted by Gasteiger charge is 2.66. The van der Waals surface area contributed by atoms with Crippen LogP contribution >= 0.6 is 20.4 Å². The molecule has 42 heteroatoms. The van der Waals surface area contributed by atoms with Crippen LogP contribution in [0.5, 0.6) is 0 Å². The van der Waals surface area contributed by atoms with Gasteiger partial charge in [0.05, 0.1) is 28.1 Å². The normalized spacial score (nSPS) is 14.8. The lowest BCUT2D eigenvalue weighted by atomic mass is 9.87. The zero-order valence-electron chi connectivity index (χ0n) is 66.7. The number of rotatable bonds is 11. The van der Waals surface area contributed by atoms with Crippen molar-refractivity contribution >= 4 is 54.4 Å². The molecule has 4 aromatic heterocycles. The summed E-state index contributed by atoms with van der Waals surface area (Å²) < 4.78 is 275. The van der Waals surface area contributed by atoms with Crippen LogP contribution in [0.25, 0.3) is 131 Å². The first-order valence-electron chi connectivity index (χ1n) is 37.1. The molecular weight excluding hydrogens is 1810 g/mol. The second-order valence-electron chi connectivity index (χ2n) is 28.8. The van der Waals surface area contributed by atoms with Crippen molar-refractivity contribution in [2.75, 3.05) is 0 Å². The van der Waals surface area contributed by atoms with Crippen LogP contribution in [0, 0.1) is 107 Å².